The number of amides is 2. The summed E-state index contributed by atoms with van der Waals surface area (Å²) in [4.78, 5) is 18.9. The van der Waals surface area contributed by atoms with Crippen molar-refractivity contribution in [1.29, 1.82) is 0 Å². The summed E-state index contributed by atoms with van der Waals surface area (Å²) in [5.41, 5.74) is 0.916. The molecule has 0 aliphatic carbocycles. The molecule has 1 fully saturated rings. The molecule has 2 heterocycles. The fraction of sp³-hybridized carbons (Fsp3) is 0.368. The van der Waals surface area contributed by atoms with E-state index in [1.807, 2.05) is 31.2 Å². The molecule has 7 heteroatoms. The van der Waals surface area contributed by atoms with Gasteiger partial charge in [-0.2, -0.15) is 0 Å². The zero-order valence-corrected chi connectivity index (χ0v) is 16.1. The largest absolute Gasteiger partial charge is 0.356 e. The number of halogens is 2. The third-order valence-electron chi connectivity index (χ3n) is 4.59. The number of carbonyl (C=O) groups is 1. The van der Waals surface area contributed by atoms with Crippen molar-refractivity contribution in [3.63, 3.8) is 0 Å². The molecule has 1 aromatic carbocycles. The first-order valence-corrected chi connectivity index (χ1v) is 9.46. The zero-order valence-electron chi connectivity index (χ0n) is 14.6. The Hall–Kier alpha value is -1.98. The van der Waals surface area contributed by atoms with Crippen LogP contribution in [0, 0.1) is 0 Å². The van der Waals surface area contributed by atoms with Gasteiger partial charge in [0, 0.05) is 25.3 Å². The molecule has 2 aromatic rings. The van der Waals surface area contributed by atoms with Gasteiger partial charge in [-0.1, -0.05) is 35.3 Å². The van der Waals surface area contributed by atoms with Crippen LogP contribution in [-0.2, 0) is 0 Å². The molecule has 2 amide bonds. The SMILES string of the molecule is C[C@H](NC(=O)NC1CCN(c2ccccn2)CC1)c1ccc(Cl)c(Cl)c1. The molecule has 0 spiro atoms. The molecule has 0 unspecified atom stereocenters. The van der Waals surface area contributed by atoms with Gasteiger partial charge in [0.2, 0.25) is 0 Å². The van der Waals surface area contributed by atoms with Crippen LogP contribution in [0.2, 0.25) is 10.0 Å². The Morgan fingerprint density at radius 1 is 1.19 bits per heavy atom. The molecule has 1 saturated heterocycles. The third kappa shape index (κ3) is 4.80. The molecule has 138 valence electrons. The Morgan fingerprint density at radius 2 is 1.96 bits per heavy atom. The van der Waals surface area contributed by atoms with Crippen molar-refractivity contribution in [2.75, 3.05) is 18.0 Å². The lowest BCUT2D eigenvalue weighted by atomic mass is 10.1. The summed E-state index contributed by atoms with van der Waals surface area (Å²) in [6, 6.07) is 11.1. The third-order valence-corrected chi connectivity index (χ3v) is 5.33. The van der Waals surface area contributed by atoms with Crippen molar-refractivity contribution < 1.29 is 4.79 Å². The van der Waals surface area contributed by atoms with E-state index in [1.165, 1.54) is 0 Å². The lowest BCUT2D eigenvalue weighted by molar-refractivity contribution is 0.231. The molecule has 1 atom stereocenters. The normalized spacial score (nSPS) is 16.2. The molecular formula is C19H22Cl2N4O. The van der Waals surface area contributed by atoms with Gasteiger partial charge in [0.15, 0.2) is 0 Å². The van der Waals surface area contributed by atoms with Crippen molar-refractivity contribution in [3.8, 4) is 0 Å². The van der Waals surface area contributed by atoms with Crippen LogP contribution in [0.25, 0.3) is 0 Å². The first-order valence-electron chi connectivity index (χ1n) is 8.71. The van der Waals surface area contributed by atoms with Crippen LogP contribution in [0.1, 0.15) is 31.4 Å². The van der Waals surface area contributed by atoms with E-state index in [4.69, 9.17) is 23.2 Å². The smallest absolute Gasteiger partial charge is 0.315 e. The summed E-state index contributed by atoms with van der Waals surface area (Å²) in [7, 11) is 0. The highest BCUT2D eigenvalue weighted by Gasteiger charge is 2.22. The number of rotatable bonds is 4. The second kappa shape index (κ2) is 8.60. The number of pyridine rings is 1. The molecule has 1 aliphatic rings. The highest BCUT2D eigenvalue weighted by Crippen LogP contribution is 2.25. The zero-order chi connectivity index (χ0) is 18.5. The van der Waals surface area contributed by atoms with Crippen LogP contribution in [0.15, 0.2) is 42.6 Å². The Labute approximate surface area is 163 Å². The number of benzene rings is 1. The van der Waals surface area contributed by atoms with Crippen LogP contribution in [0.5, 0.6) is 0 Å². The number of piperidine rings is 1. The Morgan fingerprint density at radius 3 is 2.62 bits per heavy atom. The van der Waals surface area contributed by atoms with Crippen LogP contribution in [-0.4, -0.2) is 30.1 Å². The first-order chi connectivity index (χ1) is 12.5. The summed E-state index contributed by atoms with van der Waals surface area (Å²) in [6.07, 6.45) is 3.59. The van der Waals surface area contributed by atoms with Crippen molar-refractivity contribution in [3.05, 3.63) is 58.2 Å². The highest BCUT2D eigenvalue weighted by molar-refractivity contribution is 6.42. The summed E-state index contributed by atoms with van der Waals surface area (Å²) < 4.78 is 0. The van der Waals surface area contributed by atoms with E-state index in [9.17, 15) is 4.79 Å². The Kier molecular flexibility index (Phi) is 6.22. The van der Waals surface area contributed by atoms with Crippen molar-refractivity contribution in [2.45, 2.75) is 31.8 Å². The predicted octanol–water partition coefficient (Wildman–Crippen LogP) is 4.42. The van der Waals surface area contributed by atoms with Crippen LogP contribution >= 0.6 is 23.2 Å². The number of carbonyl (C=O) groups excluding carboxylic acids is 1. The van der Waals surface area contributed by atoms with Gasteiger partial charge in [0.25, 0.3) is 0 Å². The Balaban J connectivity index is 1.47. The van der Waals surface area contributed by atoms with E-state index in [0.29, 0.717) is 10.0 Å². The minimum Gasteiger partial charge on any atom is -0.356 e. The van der Waals surface area contributed by atoms with Crippen molar-refractivity contribution >= 4 is 35.1 Å². The van der Waals surface area contributed by atoms with Gasteiger partial charge in [0.05, 0.1) is 16.1 Å². The number of anilines is 1. The second-order valence-corrected chi connectivity index (χ2v) is 7.28. The molecular weight excluding hydrogens is 371 g/mol. The van der Waals surface area contributed by atoms with Gasteiger partial charge in [-0.3, -0.25) is 0 Å². The topological polar surface area (TPSA) is 57.3 Å². The molecule has 0 radical (unpaired) electrons. The lowest BCUT2D eigenvalue weighted by Crippen LogP contribution is -2.48. The van der Waals surface area contributed by atoms with Gasteiger partial charge in [-0.05, 0) is 49.6 Å². The standard InChI is InChI=1S/C19H22Cl2N4O/c1-13(14-5-6-16(20)17(21)12-14)23-19(26)24-15-7-10-25(11-8-15)18-4-2-3-9-22-18/h2-6,9,12-13,15H,7-8,10-11H2,1H3,(H2,23,24,26)/t13-/m0/s1. The Bertz CT molecular complexity index is 748. The van der Waals surface area contributed by atoms with Crippen LogP contribution in [0.4, 0.5) is 10.6 Å². The summed E-state index contributed by atoms with van der Waals surface area (Å²) in [6.45, 7) is 3.68. The van der Waals surface area contributed by atoms with Gasteiger partial charge < -0.3 is 15.5 Å². The number of nitrogens with zero attached hydrogens (tertiary/aromatic N) is 2. The van der Waals surface area contributed by atoms with Gasteiger partial charge >= 0.3 is 6.03 Å². The quantitative estimate of drug-likeness (QED) is 0.809. The maximum Gasteiger partial charge on any atom is 0.315 e. The maximum absolute atomic E-state index is 12.3. The molecule has 1 aromatic heterocycles. The van der Waals surface area contributed by atoms with Crippen LogP contribution < -0.4 is 15.5 Å². The average Bonchev–Trinajstić information content (AvgIpc) is 2.65. The second-order valence-electron chi connectivity index (χ2n) is 6.46. The van der Waals surface area contributed by atoms with E-state index in [-0.39, 0.29) is 18.1 Å². The maximum atomic E-state index is 12.3. The summed E-state index contributed by atoms with van der Waals surface area (Å²) in [5, 5.41) is 7.01. The van der Waals surface area contributed by atoms with E-state index in [0.717, 1.165) is 37.3 Å². The summed E-state index contributed by atoms with van der Waals surface area (Å²) in [5.74, 6) is 0.989. The molecule has 1 aliphatic heterocycles. The number of nitrogens with one attached hydrogen (secondary N) is 2. The fourth-order valence-corrected chi connectivity index (χ4v) is 3.39. The number of hydrogen-bond acceptors (Lipinski definition) is 3. The minimum absolute atomic E-state index is 0.154. The fourth-order valence-electron chi connectivity index (χ4n) is 3.08. The molecule has 2 N–H and O–H groups in total. The highest BCUT2D eigenvalue weighted by atomic mass is 35.5. The van der Waals surface area contributed by atoms with E-state index < -0.39 is 0 Å². The average molecular weight is 393 g/mol. The van der Waals surface area contributed by atoms with Gasteiger partial charge in [0.1, 0.15) is 5.82 Å². The summed E-state index contributed by atoms with van der Waals surface area (Å²) >= 11 is 12.0. The van der Waals surface area contributed by atoms with E-state index >= 15 is 0 Å². The molecule has 5 nitrogen and oxygen atoms in total. The molecule has 0 saturated carbocycles. The van der Waals surface area contributed by atoms with Gasteiger partial charge in [-0.15, -0.1) is 0 Å². The monoisotopic (exact) mass is 392 g/mol. The number of hydrogen-bond donors (Lipinski definition) is 2. The number of urea groups is 1. The molecule has 3 rings (SSSR count). The van der Waals surface area contributed by atoms with Crippen LogP contribution in [0.3, 0.4) is 0 Å². The molecule has 0 bridgehead atoms. The van der Waals surface area contributed by atoms with Crippen molar-refractivity contribution in [2.24, 2.45) is 0 Å². The molecule has 26 heavy (non-hydrogen) atoms. The first kappa shape index (κ1) is 18.8. The minimum atomic E-state index is -0.167. The predicted molar refractivity (Wildman–Crippen MR) is 106 cm³/mol. The van der Waals surface area contributed by atoms with E-state index in [1.54, 1.807) is 18.3 Å². The number of aromatic nitrogens is 1. The van der Waals surface area contributed by atoms with Crippen molar-refractivity contribution in [1.82, 2.24) is 15.6 Å². The van der Waals surface area contributed by atoms with E-state index in [2.05, 4.69) is 20.5 Å². The van der Waals surface area contributed by atoms with Gasteiger partial charge in [-0.25, -0.2) is 9.78 Å². The lowest BCUT2D eigenvalue weighted by Gasteiger charge is -2.33.